The Hall–Kier alpha value is -3.93. The second-order valence-corrected chi connectivity index (χ2v) is 10.1. The van der Waals surface area contributed by atoms with Gasteiger partial charge in [0.25, 0.3) is 5.91 Å². The van der Waals surface area contributed by atoms with Crippen molar-refractivity contribution >= 4 is 22.8 Å². The standard InChI is InChI=1S/C29H29F2N5O4/c1-15-25-18(13-40-15)27-21(35-28(25)32)10-22(34-27)29(37)36(23-14-39-9-8-24(23)38-2)12-17-7-6-16(11-33-17)26-19(30)4-3-5-20(26)31/h3-7,10-11,15,23-24,34H,8-9,12-14H2,1-2H3,(H2,32,35)/t15-,23-,24-/m1/s1. The van der Waals surface area contributed by atoms with E-state index < -0.39 is 17.7 Å². The van der Waals surface area contributed by atoms with Crippen molar-refractivity contribution < 1.29 is 27.8 Å². The summed E-state index contributed by atoms with van der Waals surface area (Å²) in [7, 11) is 1.61. The molecule has 11 heteroatoms. The third-order valence-corrected chi connectivity index (χ3v) is 7.69. The van der Waals surface area contributed by atoms with Gasteiger partial charge in [0.1, 0.15) is 23.1 Å². The molecule has 5 heterocycles. The van der Waals surface area contributed by atoms with E-state index in [9.17, 15) is 13.6 Å². The van der Waals surface area contributed by atoms with Crippen molar-refractivity contribution in [1.82, 2.24) is 19.9 Å². The van der Waals surface area contributed by atoms with E-state index in [1.807, 2.05) is 6.92 Å². The van der Waals surface area contributed by atoms with Crippen molar-refractivity contribution in [3.05, 3.63) is 76.7 Å². The van der Waals surface area contributed by atoms with Crippen LogP contribution in [0.2, 0.25) is 0 Å². The van der Waals surface area contributed by atoms with Gasteiger partial charge < -0.3 is 29.8 Å². The van der Waals surface area contributed by atoms with Gasteiger partial charge in [-0.05, 0) is 37.6 Å². The van der Waals surface area contributed by atoms with E-state index in [0.717, 1.165) is 16.6 Å². The molecular weight excluding hydrogens is 520 g/mol. The lowest BCUT2D eigenvalue weighted by Gasteiger charge is -2.38. The highest BCUT2D eigenvalue weighted by atomic mass is 19.1. The van der Waals surface area contributed by atoms with E-state index in [0.29, 0.717) is 47.9 Å². The number of methoxy groups -OCH3 is 1. The van der Waals surface area contributed by atoms with Crippen molar-refractivity contribution in [2.45, 2.75) is 44.7 Å². The summed E-state index contributed by atoms with van der Waals surface area (Å²) < 4.78 is 45.8. The van der Waals surface area contributed by atoms with Gasteiger partial charge in [-0.1, -0.05) is 12.1 Å². The zero-order valence-electron chi connectivity index (χ0n) is 22.1. The first-order valence-corrected chi connectivity index (χ1v) is 13.1. The Balaban J connectivity index is 1.35. The average Bonchev–Trinajstić information content (AvgIpc) is 3.56. The minimum atomic E-state index is -0.673. The van der Waals surface area contributed by atoms with Gasteiger partial charge >= 0.3 is 0 Å². The Bertz CT molecular complexity index is 1550. The average molecular weight is 550 g/mol. The Labute approximate surface area is 229 Å². The van der Waals surface area contributed by atoms with Crippen molar-refractivity contribution in [3.63, 3.8) is 0 Å². The van der Waals surface area contributed by atoms with Gasteiger partial charge in [-0.3, -0.25) is 9.78 Å². The summed E-state index contributed by atoms with van der Waals surface area (Å²) in [6.07, 6.45) is 1.60. The first kappa shape index (κ1) is 26.3. The fraction of sp³-hybridized carbons (Fsp3) is 0.345. The number of carbonyl (C=O) groups excluding carboxylic acids is 1. The number of halogens is 2. The van der Waals surface area contributed by atoms with E-state index in [1.165, 1.54) is 24.4 Å². The van der Waals surface area contributed by atoms with Gasteiger partial charge in [0.2, 0.25) is 0 Å². The highest BCUT2D eigenvalue weighted by molar-refractivity contribution is 5.98. The second-order valence-electron chi connectivity index (χ2n) is 10.1. The summed E-state index contributed by atoms with van der Waals surface area (Å²) in [6, 6.07) is 8.26. The maximum atomic E-state index is 14.3. The number of aromatic amines is 1. The zero-order chi connectivity index (χ0) is 28.0. The number of hydrogen-bond acceptors (Lipinski definition) is 7. The number of nitrogens with two attached hydrogens (primary N) is 1. The normalized spacial score (nSPS) is 20.6. The summed E-state index contributed by atoms with van der Waals surface area (Å²) in [5.41, 5.74) is 10.3. The number of rotatable bonds is 6. The largest absolute Gasteiger partial charge is 0.383 e. The van der Waals surface area contributed by atoms with Crippen LogP contribution >= 0.6 is 0 Å². The molecule has 1 saturated heterocycles. The molecule has 0 aliphatic carbocycles. The molecule has 208 valence electrons. The van der Waals surface area contributed by atoms with Crippen LogP contribution in [0.4, 0.5) is 14.6 Å². The van der Waals surface area contributed by atoms with Gasteiger partial charge in [0.15, 0.2) is 0 Å². The predicted molar refractivity (Wildman–Crippen MR) is 143 cm³/mol. The summed E-state index contributed by atoms with van der Waals surface area (Å²) in [5, 5.41) is 0. The minimum absolute atomic E-state index is 0.121. The van der Waals surface area contributed by atoms with Gasteiger partial charge in [0.05, 0.1) is 60.3 Å². The highest BCUT2D eigenvalue weighted by Gasteiger charge is 2.36. The molecule has 6 rings (SSSR count). The van der Waals surface area contributed by atoms with E-state index in [-0.39, 0.29) is 36.8 Å². The Morgan fingerprint density at radius 2 is 2.05 bits per heavy atom. The summed E-state index contributed by atoms with van der Waals surface area (Å²) in [5.74, 6) is -1.25. The van der Waals surface area contributed by atoms with Gasteiger partial charge in [-0.15, -0.1) is 0 Å². The van der Waals surface area contributed by atoms with E-state index in [4.69, 9.17) is 19.9 Å². The minimum Gasteiger partial charge on any atom is -0.383 e. The van der Waals surface area contributed by atoms with Crippen LogP contribution in [-0.2, 0) is 27.4 Å². The molecule has 1 aromatic carbocycles. The number of amides is 1. The Morgan fingerprint density at radius 1 is 1.25 bits per heavy atom. The number of H-pyrrole nitrogens is 1. The molecule has 9 nitrogen and oxygen atoms in total. The number of pyridine rings is 2. The molecular formula is C29H29F2N5O4. The van der Waals surface area contributed by atoms with Crippen molar-refractivity contribution in [1.29, 1.82) is 0 Å². The number of benzene rings is 1. The topological polar surface area (TPSA) is 116 Å². The van der Waals surface area contributed by atoms with Crippen LogP contribution in [0.1, 0.15) is 46.8 Å². The van der Waals surface area contributed by atoms with Gasteiger partial charge in [0, 0.05) is 36.6 Å². The molecule has 3 atom stereocenters. The quantitative estimate of drug-likeness (QED) is 0.363. The van der Waals surface area contributed by atoms with Crippen molar-refractivity contribution in [2.24, 2.45) is 0 Å². The van der Waals surface area contributed by atoms with Crippen molar-refractivity contribution in [3.8, 4) is 11.1 Å². The zero-order valence-corrected chi connectivity index (χ0v) is 22.1. The summed E-state index contributed by atoms with van der Waals surface area (Å²) in [6.45, 7) is 3.22. The summed E-state index contributed by atoms with van der Waals surface area (Å²) >= 11 is 0. The highest BCUT2D eigenvalue weighted by Crippen LogP contribution is 2.38. The number of anilines is 1. The van der Waals surface area contributed by atoms with Crippen LogP contribution in [0.3, 0.4) is 0 Å². The first-order valence-electron chi connectivity index (χ1n) is 13.1. The van der Waals surface area contributed by atoms with E-state index in [1.54, 1.807) is 30.2 Å². The number of fused-ring (bicyclic) bond motifs is 3. The lowest BCUT2D eigenvalue weighted by Crippen LogP contribution is -2.52. The monoisotopic (exact) mass is 549 g/mol. The molecule has 2 aliphatic rings. The molecule has 0 unspecified atom stereocenters. The van der Waals surface area contributed by atoms with Crippen LogP contribution < -0.4 is 5.73 Å². The molecule has 1 amide bonds. The molecule has 3 aromatic heterocycles. The molecule has 0 bridgehead atoms. The number of carbonyl (C=O) groups is 1. The Kier molecular flexibility index (Phi) is 6.95. The first-order chi connectivity index (χ1) is 19.4. The van der Waals surface area contributed by atoms with Crippen LogP contribution in [0.15, 0.2) is 42.6 Å². The molecule has 1 fully saturated rings. The van der Waals surface area contributed by atoms with Crippen molar-refractivity contribution in [2.75, 3.05) is 26.1 Å². The molecule has 0 spiro atoms. The SMILES string of the molecule is CO[C@@H]1CCOC[C@H]1N(Cc1ccc(-c2c(F)cccc2F)cn1)C(=O)c1cc2nc(N)c3c(c2[nH]1)CO[C@@H]3C. The number of hydrogen-bond donors (Lipinski definition) is 2. The molecule has 4 aromatic rings. The van der Waals surface area contributed by atoms with Crippen LogP contribution in [0.5, 0.6) is 0 Å². The van der Waals surface area contributed by atoms with Crippen LogP contribution in [0, 0.1) is 11.6 Å². The van der Waals surface area contributed by atoms with Crippen LogP contribution in [0.25, 0.3) is 22.2 Å². The third-order valence-electron chi connectivity index (χ3n) is 7.69. The lowest BCUT2D eigenvalue weighted by atomic mass is 10.0. The smallest absolute Gasteiger partial charge is 0.271 e. The fourth-order valence-electron chi connectivity index (χ4n) is 5.63. The second kappa shape index (κ2) is 10.6. The number of nitrogens with one attached hydrogen (secondary N) is 1. The van der Waals surface area contributed by atoms with E-state index in [2.05, 4.69) is 15.0 Å². The third kappa shape index (κ3) is 4.59. The Morgan fingerprint density at radius 3 is 2.77 bits per heavy atom. The molecule has 40 heavy (non-hydrogen) atoms. The maximum absolute atomic E-state index is 14.3. The number of aromatic nitrogens is 3. The van der Waals surface area contributed by atoms with E-state index >= 15 is 0 Å². The maximum Gasteiger partial charge on any atom is 0.271 e. The molecule has 0 saturated carbocycles. The number of ether oxygens (including phenoxy) is 3. The lowest BCUT2D eigenvalue weighted by molar-refractivity contribution is -0.0716. The fourth-order valence-corrected chi connectivity index (χ4v) is 5.63. The molecule has 2 aliphatic heterocycles. The number of nitrogens with zero attached hydrogens (tertiary/aromatic N) is 3. The predicted octanol–water partition coefficient (Wildman–Crippen LogP) is 4.52. The summed E-state index contributed by atoms with van der Waals surface area (Å²) in [4.78, 5) is 27.9. The van der Waals surface area contributed by atoms with Crippen LogP contribution in [-0.4, -0.2) is 58.2 Å². The van der Waals surface area contributed by atoms with Gasteiger partial charge in [-0.2, -0.15) is 0 Å². The number of nitrogen functional groups attached to an aromatic ring is 1. The molecule has 3 N–H and O–H groups in total. The van der Waals surface area contributed by atoms with Gasteiger partial charge in [-0.25, -0.2) is 13.8 Å². The molecule has 0 radical (unpaired) electrons.